The van der Waals surface area contributed by atoms with Crippen LogP contribution < -0.4 is 14.8 Å². The molecular weight excluding hydrogens is 254 g/mol. The van der Waals surface area contributed by atoms with E-state index < -0.39 is 0 Å². The van der Waals surface area contributed by atoms with Gasteiger partial charge in [-0.2, -0.15) is 5.10 Å². The number of benzene rings is 1. The van der Waals surface area contributed by atoms with Gasteiger partial charge in [0.2, 0.25) is 0 Å². The van der Waals surface area contributed by atoms with Gasteiger partial charge in [0, 0.05) is 36.0 Å². The highest BCUT2D eigenvalue weighted by molar-refractivity contribution is 5.55. The molecule has 0 atom stereocenters. The van der Waals surface area contributed by atoms with E-state index in [4.69, 9.17) is 9.47 Å². The number of anilines is 1. The van der Waals surface area contributed by atoms with Crippen molar-refractivity contribution in [1.29, 1.82) is 0 Å². The number of aryl methyl sites for hydroxylation is 2. The van der Waals surface area contributed by atoms with Crippen molar-refractivity contribution >= 4 is 5.69 Å². The highest BCUT2D eigenvalue weighted by atomic mass is 16.5. The summed E-state index contributed by atoms with van der Waals surface area (Å²) < 4.78 is 11.3. The molecule has 2 N–H and O–H groups in total. The first kappa shape index (κ1) is 12.8. The average Bonchev–Trinajstić information content (AvgIpc) is 2.67. The molecule has 1 aromatic heterocycles. The van der Waals surface area contributed by atoms with E-state index >= 15 is 0 Å². The first-order chi connectivity index (χ1) is 9.74. The van der Waals surface area contributed by atoms with Crippen molar-refractivity contribution < 1.29 is 9.47 Å². The topological polar surface area (TPSA) is 59.2 Å². The molecule has 2 heterocycles. The molecule has 0 radical (unpaired) electrons. The second-order valence-corrected chi connectivity index (χ2v) is 4.98. The van der Waals surface area contributed by atoms with E-state index in [1.807, 2.05) is 32.0 Å². The highest BCUT2D eigenvalue weighted by Gasteiger charge is 2.11. The third kappa shape index (κ3) is 2.57. The Balaban J connectivity index is 1.73. The number of rotatable bonds is 3. The number of nitrogens with one attached hydrogen (secondary N) is 2. The van der Waals surface area contributed by atoms with Crippen LogP contribution in [0.4, 0.5) is 5.69 Å². The molecule has 106 valence electrons. The summed E-state index contributed by atoms with van der Waals surface area (Å²) in [6.07, 6.45) is 0.921. The molecule has 0 unspecified atom stereocenters. The second-order valence-electron chi connectivity index (χ2n) is 4.98. The van der Waals surface area contributed by atoms with Crippen molar-refractivity contribution in [1.82, 2.24) is 10.2 Å². The fourth-order valence-electron chi connectivity index (χ4n) is 2.30. The van der Waals surface area contributed by atoms with Crippen molar-refractivity contribution in [3.63, 3.8) is 0 Å². The minimum Gasteiger partial charge on any atom is -0.490 e. The lowest BCUT2D eigenvalue weighted by molar-refractivity contribution is 0.297. The Kier molecular flexibility index (Phi) is 3.50. The van der Waals surface area contributed by atoms with Crippen LogP contribution in [0, 0.1) is 13.8 Å². The normalized spacial score (nSPS) is 13.9. The quantitative estimate of drug-likeness (QED) is 0.902. The van der Waals surface area contributed by atoms with Crippen molar-refractivity contribution in [2.75, 3.05) is 18.5 Å². The Bertz CT molecular complexity index is 588. The molecule has 3 rings (SSSR count). The van der Waals surface area contributed by atoms with Gasteiger partial charge in [-0.1, -0.05) is 0 Å². The standard InChI is InChI=1S/C15H19N3O2/c1-10-13(11(2)18-17-10)9-16-12-4-5-14-15(8-12)20-7-3-6-19-14/h4-5,8,16H,3,6-7,9H2,1-2H3,(H,17,18). The van der Waals surface area contributed by atoms with Crippen LogP contribution in [0.15, 0.2) is 18.2 Å². The van der Waals surface area contributed by atoms with Gasteiger partial charge in [0.25, 0.3) is 0 Å². The molecule has 0 spiro atoms. The average molecular weight is 273 g/mol. The molecule has 1 aliphatic heterocycles. The minimum atomic E-state index is 0.705. The predicted molar refractivity (Wildman–Crippen MR) is 77.4 cm³/mol. The number of H-pyrrole nitrogens is 1. The number of ether oxygens (including phenoxy) is 2. The first-order valence-electron chi connectivity index (χ1n) is 6.88. The highest BCUT2D eigenvalue weighted by Crippen LogP contribution is 2.32. The molecule has 2 aromatic rings. The molecule has 0 amide bonds. The van der Waals surface area contributed by atoms with Crippen molar-refractivity contribution in [2.24, 2.45) is 0 Å². The smallest absolute Gasteiger partial charge is 0.163 e. The maximum atomic E-state index is 5.69. The Hall–Kier alpha value is -2.17. The fraction of sp³-hybridized carbons (Fsp3) is 0.400. The van der Waals surface area contributed by atoms with Gasteiger partial charge in [0.15, 0.2) is 11.5 Å². The van der Waals surface area contributed by atoms with E-state index in [0.717, 1.165) is 41.5 Å². The molecule has 0 fully saturated rings. The molecule has 5 nitrogen and oxygen atoms in total. The first-order valence-corrected chi connectivity index (χ1v) is 6.88. The summed E-state index contributed by atoms with van der Waals surface area (Å²) in [4.78, 5) is 0. The summed E-state index contributed by atoms with van der Waals surface area (Å²) in [6, 6.07) is 5.96. The van der Waals surface area contributed by atoms with E-state index in [0.29, 0.717) is 13.2 Å². The van der Waals surface area contributed by atoms with Crippen LogP contribution in [0.5, 0.6) is 11.5 Å². The van der Waals surface area contributed by atoms with Gasteiger partial charge < -0.3 is 14.8 Å². The van der Waals surface area contributed by atoms with Gasteiger partial charge in [0.1, 0.15) is 0 Å². The summed E-state index contributed by atoms with van der Waals surface area (Å²) in [5, 5.41) is 10.6. The van der Waals surface area contributed by atoms with E-state index in [1.165, 1.54) is 5.56 Å². The van der Waals surface area contributed by atoms with Crippen molar-refractivity contribution in [3.8, 4) is 11.5 Å². The minimum absolute atomic E-state index is 0.705. The summed E-state index contributed by atoms with van der Waals surface area (Å²) in [7, 11) is 0. The van der Waals surface area contributed by atoms with Crippen molar-refractivity contribution in [3.05, 3.63) is 35.2 Å². The van der Waals surface area contributed by atoms with Crippen molar-refractivity contribution in [2.45, 2.75) is 26.8 Å². The number of fused-ring (bicyclic) bond motifs is 1. The summed E-state index contributed by atoms with van der Waals surface area (Å²) >= 11 is 0. The zero-order chi connectivity index (χ0) is 13.9. The van der Waals surface area contributed by atoms with Gasteiger partial charge in [-0.15, -0.1) is 0 Å². The summed E-state index contributed by atoms with van der Waals surface area (Å²) in [6.45, 7) is 6.21. The molecule has 0 aliphatic carbocycles. The van der Waals surface area contributed by atoms with Crippen LogP contribution in [0.3, 0.4) is 0 Å². The van der Waals surface area contributed by atoms with Crippen LogP contribution in [-0.4, -0.2) is 23.4 Å². The van der Waals surface area contributed by atoms with E-state index in [-0.39, 0.29) is 0 Å². The van der Waals surface area contributed by atoms with Gasteiger partial charge in [-0.05, 0) is 26.0 Å². The largest absolute Gasteiger partial charge is 0.490 e. The molecule has 1 aliphatic rings. The SMILES string of the molecule is Cc1n[nH]c(C)c1CNc1ccc2c(c1)OCCCO2. The van der Waals surface area contributed by atoms with E-state index in [2.05, 4.69) is 15.5 Å². The zero-order valence-corrected chi connectivity index (χ0v) is 11.8. The summed E-state index contributed by atoms with van der Waals surface area (Å²) in [5.74, 6) is 1.64. The van der Waals surface area contributed by atoms with Crippen LogP contribution in [0.25, 0.3) is 0 Å². The Morgan fingerprint density at radius 2 is 2.00 bits per heavy atom. The zero-order valence-electron chi connectivity index (χ0n) is 11.8. The predicted octanol–water partition coefficient (Wildman–Crippen LogP) is 2.80. The van der Waals surface area contributed by atoms with Gasteiger partial charge in [-0.3, -0.25) is 5.10 Å². The van der Waals surface area contributed by atoms with Crippen LogP contribution >= 0.6 is 0 Å². The maximum Gasteiger partial charge on any atom is 0.163 e. The Morgan fingerprint density at radius 1 is 1.20 bits per heavy atom. The van der Waals surface area contributed by atoms with E-state index in [9.17, 15) is 0 Å². The molecular formula is C15H19N3O2. The second kappa shape index (κ2) is 5.45. The third-order valence-electron chi connectivity index (χ3n) is 3.50. The molecule has 0 saturated heterocycles. The van der Waals surface area contributed by atoms with Gasteiger partial charge in [0.05, 0.1) is 18.9 Å². The van der Waals surface area contributed by atoms with E-state index in [1.54, 1.807) is 0 Å². The number of nitrogens with zero attached hydrogens (tertiary/aromatic N) is 1. The maximum absolute atomic E-state index is 5.69. The van der Waals surface area contributed by atoms with Crippen LogP contribution in [0.1, 0.15) is 23.4 Å². The lowest BCUT2D eigenvalue weighted by Gasteiger charge is -2.11. The lowest BCUT2D eigenvalue weighted by Crippen LogP contribution is -2.02. The number of hydrogen-bond donors (Lipinski definition) is 2. The summed E-state index contributed by atoms with van der Waals surface area (Å²) in [5.41, 5.74) is 4.36. The Morgan fingerprint density at radius 3 is 2.75 bits per heavy atom. The number of aromatic amines is 1. The fourth-order valence-corrected chi connectivity index (χ4v) is 2.30. The lowest BCUT2D eigenvalue weighted by atomic mass is 10.2. The molecule has 0 saturated carbocycles. The van der Waals surface area contributed by atoms with Crippen LogP contribution in [-0.2, 0) is 6.54 Å². The monoisotopic (exact) mass is 273 g/mol. The molecule has 20 heavy (non-hydrogen) atoms. The molecule has 1 aromatic carbocycles. The number of aromatic nitrogens is 2. The number of hydrogen-bond acceptors (Lipinski definition) is 4. The third-order valence-corrected chi connectivity index (χ3v) is 3.50. The van der Waals surface area contributed by atoms with Gasteiger partial charge in [-0.25, -0.2) is 0 Å². The van der Waals surface area contributed by atoms with Gasteiger partial charge >= 0.3 is 0 Å². The Labute approximate surface area is 118 Å². The molecule has 0 bridgehead atoms. The molecule has 5 heteroatoms. The van der Waals surface area contributed by atoms with Crippen LogP contribution in [0.2, 0.25) is 0 Å².